The van der Waals surface area contributed by atoms with E-state index in [9.17, 15) is 0 Å². The van der Waals surface area contributed by atoms with Crippen LogP contribution in [0.2, 0.25) is 0 Å². The van der Waals surface area contributed by atoms with E-state index in [1.165, 1.54) is 97.5 Å². The quantitative estimate of drug-likeness (QED) is 0.128. The fourth-order valence-corrected chi connectivity index (χ4v) is 15.0. The highest BCUT2D eigenvalue weighted by molar-refractivity contribution is 7.19. The van der Waals surface area contributed by atoms with Crippen molar-refractivity contribution in [3.63, 3.8) is 0 Å². The summed E-state index contributed by atoms with van der Waals surface area (Å²) in [6.07, 6.45) is 0. The molecule has 0 saturated carbocycles. The van der Waals surface area contributed by atoms with Crippen molar-refractivity contribution < 1.29 is 0 Å². The van der Waals surface area contributed by atoms with Crippen molar-refractivity contribution in [2.45, 2.75) is 0 Å². The van der Waals surface area contributed by atoms with Crippen molar-refractivity contribution in [1.82, 2.24) is 14.1 Å². The van der Waals surface area contributed by atoms with Crippen molar-refractivity contribution in [3.8, 4) is 11.4 Å². The van der Waals surface area contributed by atoms with Gasteiger partial charge in [0.2, 0.25) is 0 Å². The predicted molar refractivity (Wildman–Crippen MR) is 275 cm³/mol. The third-order valence-corrected chi connectivity index (χ3v) is 17.9. The van der Waals surface area contributed by atoms with Gasteiger partial charge in [0.25, 0.3) is 0 Å². The molecule has 0 amide bonds. The van der Waals surface area contributed by atoms with Crippen molar-refractivity contribution >= 4 is 94.2 Å². The normalized spacial score (nSPS) is 11.8. The number of H-pyrrole nitrogens is 1. The molecule has 0 aliphatic carbocycles. The van der Waals surface area contributed by atoms with E-state index < -0.39 is 8.07 Å². The second-order valence-corrected chi connectivity index (χ2v) is 20.3. The second-order valence-electron chi connectivity index (χ2n) is 16.5. The first-order valence-corrected chi connectivity index (χ1v) is 24.0. The number of aromatic nitrogens is 3. The summed E-state index contributed by atoms with van der Waals surface area (Å²) in [6, 6.07) is 92.9. The molecular formula is C60H43N3Si. The maximum atomic E-state index is 3.38. The number of benzene rings is 10. The average molecular weight is 834 g/mol. The summed E-state index contributed by atoms with van der Waals surface area (Å²) in [6.45, 7) is 0. The van der Waals surface area contributed by atoms with Gasteiger partial charge in [-0.25, -0.2) is 0 Å². The van der Waals surface area contributed by atoms with Crippen LogP contribution in [0.15, 0.2) is 255 Å². The van der Waals surface area contributed by atoms with Gasteiger partial charge in [-0.05, 0) is 81.4 Å². The van der Waals surface area contributed by atoms with E-state index in [1.807, 2.05) is 0 Å². The molecule has 3 aromatic heterocycles. The van der Waals surface area contributed by atoms with Crippen LogP contribution in [0.1, 0.15) is 0 Å². The summed E-state index contributed by atoms with van der Waals surface area (Å²) in [5, 5.41) is 13.2. The number of aromatic amines is 1. The van der Waals surface area contributed by atoms with Gasteiger partial charge in [-0.2, -0.15) is 0 Å². The minimum atomic E-state index is -2.75. The van der Waals surface area contributed by atoms with Crippen LogP contribution in [0.5, 0.6) is 0 Å². The van der Waals surface area contributed by atoms with E-state index >= 15 is 0 Å². The van der Waals surface area contributed by atoms with Crippen LogP contribution in [0.3, 0.4) is 0 Å². The van der Waals surface area contributed by atoms with Gasteiger partial charge in [0.15, 0.2) is 8.07 Å². The van der Waals surface area contributed by atoms with Gasteiger partial charge in [-0.15, -0.1) is 0 Å². The first-order valence-electron chi connectivity index (χ1n) is 22.0. The SMILES string of the molecule is c1ccc([Si](c2ccccc2)(c2ccc(-n3c4ccccc4c4ccccc43)cc2)c2ccc(-n3c4ccccc4c4ccccc43)cc2)cc1.c1ccc2c(c1)[nH]c1ccccc12. The van der Waals surface area contributed by atoms with E-state index in [2.05, 4.69) is 269 Å². The molecule has 0 aliphatic rings. The minimum Gasteiger partial charge on any atom is -0.355 e. The summed E-state index contributed by atoms with van der Waals surface area (Å²) < 4.78 is 4.81. The van der Waals surface area contributed by atoms with Crippen LogP contribution in [-0.2, 0) is 0 Å². The number of hydrogen-bond donors (Lipinski definition) is 1. The third-order valence-electron chi connectivity index (χ3n) is 13.1. The maximum Gasteiger partial charge on any atom is 0.179 e. The summed E-state index contributed by atoms with van der Waals surface area (Å²) in [7, 11) is -2.75. The molecule has 302 valence electrons. The number of para-hydroxylation sites is 6. The lowest BCUT2D eigenvalue weighted by Crippen LogP contribution is -2.74. The molecule has 3 heterocycles. The summed E-state index contributed by atoms with van der Waals surface area (Å²) in [5.41, 5.74) is 9.66. The Morgan fingerprint density at radius 2 is 0.500 bits per heavy atom. The van der Waals surface area contributed by atoms with Gasteiger partial charge in [-0.3, -0.25) is 0 Å². The van der Waals surface area contributed by atoms with Crippen LogP contribution in [0.4, 0.5) is 0 Å². The maximum absolute atomic E-state index is 3.38. The van der Waals surface area contributed by atoms with Gasteiger partial charge in [0, 0.05) is 54.7 Å². The zero-order valence-electron chi connectivity index (χ0n) is 35.1. The number of nitrogens with one attached hydrogen (secondary N) is 1. The van der Waals surface area contributed by atoms with Crippen LogP contribution in [0, 0.1) is 0 Å². The molecule has 0 spiro atoms. The first-order chi connectivity index (χ1) is 31.8. The zero-order valence-corrected chi connectivity index (χ0v) is 36.1. The average Bonchev–Trinajstić information content (AvgIpc) is 4.04. The minimum absolute atomic E-state index is 1.17. The van der Waals surface area contributed by atoms with E-state index in [0.717, 1.165) is 0 Å². The molecule has 1 N–H and O–H groups in total. The Morgan fingerprint density at radius 1 is 0.234 bits per heavy atom. The smallest absolute Gasteiger partial charge is 0.179 e. The molecule has 3 nitrogen and oxygen atoms in total. The van der Waals surface area contributed by atoms with E-state index in [-0.39, 0.29) is 0 Å². The molecule has 0 bridgehead atoms. The van der Waals surface area contributed by atoms with Crippen LogP contribution in [0.25, 0.3) is 76.8 Å². The molecule has 64 heavy (non-hydrogen) atoms. The summed E-state index contributed by atoms with van der Waals surface area (Å²) >= 11 is 0. The lowest BCUT2D eigenvalue weighted by molar-refractivity contribution is 1.18. The van der Waals surface area contributed by atoms with Gasteiger partial charge in [0.1, 0.15) is 0 Å². The fourth-order valence-electron chi connectivity index (χ4n) is 10.3. The topological polar surface area (TPSA) is 25.6 Å². The molecule has 13 rings (SSSR count). The third kappa shape index (κ3) is 6.03. The molecular weight excluding hydrogens is 791 g/mol. The highest BCUT2D eigenvalue weighted by atomic mass is 28.3. The van der Waals surface area contributed by atoms with Gasteiger partial charge < -0.3 is 14.1 Å². The number of hydrogen-bond acceptors (Lipinski definition) is 0. The fraction of sp³-hybridized carbons (Fsp3) is 0. The Kier molecular flexibility index (Phi) is 9.17. The number of fused-ring (bicyclic) bond motifs is 9. The molecule has 0 fully saturated rings. The standard InChI is InChI=1S/C48H34N2Si.C12H9N/c1-3-15-37(16-4-1)51(38-17-5-2-6-18-38,39-31-27-35(28-32-39)49-45-23-11-7-19-41(45)42-20-8-12-24-46(42)49)40-33-29-36(30-34-40)50-47-25-13-9-21-43(47)44-22-10-14-26-48(44)50;1-3-7-11-9(5-1)10-6-2-4-8-12(10)13-11/h1-34H;1-8,13H. The molecule has 13 aromatic rings. The lowest BCUT2D eigenvalue weighted by atomic mass is 10.2. The Labute approximate surface area is 372 Å². The lowest BCUT2D eigenvalue weighted by Gasteiger charge is -2.34. The Bertz CT molecular complexity index is 3410. The van der Waals surface area contributed by atoms with Gasteiger partial charge in [0.05, 0.1) is 22.1 Å². The van der Waals surface area contributed by atoms with Crippen LogP contribution in [-0.4, -0.2) is 22.2 Å². The second kappa shape index (κ2) is 15.6. The van der Waals surface area contributed by atoms with Gasteiger partial charge >= 0.3 is 0 Å². The Balaban J connectivity index is 0.000000283. The van der Waals surface area contributed by atoms with Crippen molar-refractivity contribution in [2.24, 2.45) is 0 Å². The molecule has 0 saturated heterocycles. The Hall–Kier alpha value is -8.18. The molecule has 4 heteroatoms. The highest BCUT2D eigenvalue weighted by Gasteiger charge is 2.41. The largest absolute Gasteiger partial charge is 0.355 e. The predicted octanol–water partition coefficient (Wildman–Crippen LogP) is 12.6. The number of rotatable bonds is 6. The monoisotopic (exact) mass is 833 g/mol. The van der Waals surface area contributed by atoms with Crippen molar-refractivity contribution in [1.29, 1.82) is 0 Å². The van der Waals surface area contributed by atoms with Crippen LogP contribution < -0.4 is 20.7 Å². The molecule has 10 aromatic carbocycles. The Morgan fingerprint density at radius 3 is 0.844 bits per heavy atom. The molecule has 0 radical (unpaired) electrons. The highest BCUT2D eigenvalue weighted by Crippen LogP contribution is 2.33. The zero-order chi connectivity index (χ0) is 42.5. The summed E-state index contributed by atoms with van der Waals surface area (Å²) in [5.74, 6) is 0. The van der Waals surface area contributed by atoms with Crippen molar-refractivity contribution in [2.75, 3.05) is 0 Å². The first kappa shape index (κ1) is 37.6. The van der Waals surface area contributed by atoms with Crippen LogP contribution >= 0.6 is 0 Å². The molecule has 0 unspecified atom stereocenters. The molecule has 0 atom stereocenters. The number of nitrogens with zero attached hydrogens (tertiary/aromatic N) is 2. The van der Waals surface area contributed by atoms with Gasteiger partial charge in [-0.1, -0.05) is 194 Å². The van der Waals surface area contributed by atoms with E-state index in [4.69, 9.17) is 0 Å². The van der Waals surface area contributed by atoms with E-state index in [1.54, 1.807) is 0 Å². The van der Waals surface area contributed by atoms with Crippen molar-refractivity contribution in [3.05, 3.63) is 255 Å². The molecule has 0 aliphatic heterocycles. The van der Waals surface area contributed by atoms with E-state index in [0.29, 0.717) is 0 Å². The summed E-state index contributed by atoms with van der Waals surface area (Å²) in [4.78, 5) is 3.38.